The van der Waals surface area contributed by atoms with Crippen molar-refractivity contribution in [2.75, 3.05) is 6.54 Å². The third kappa shape index (κ3) is 2.22. The molecule has 0 aromatic rings. The van der Waals surface area contributed by atoms with Crippen molar-refractivity contribution in [3.05, 3.63) is 0 Å². The fraction of sp³-hybridized carbons (Fsp3) is 1.00. The SMILES string of the molecule is CC1(NCCC2CC2)CCCC1. The van der Waals surface area contributed by atoms with Gasteiger partial charge in [-0.25, -0.2) is 0 Å². The van der Waals surface area contributed by atoms with Gasteiger partial charge in [0.15, 0.2) is 0 Å². The molecule has 12 heavy (non-hydrogen) atoms. The van der Waals surface area contributed by atoms with Gasteiger partial charge < -0.3 is 5.32 Å². The van der Waals surface area contributed by atoms with Crippen LogP contribution in [0.15, 0.2) is 0 Å². The Morgan fingerprint density at radius 2 is 1.92 bits per heavy atom. The zero-order valence-corrected chi connectivity index (χ0v) is 8.23. The smallest absolute Gasteiger partial charge is 0.0153 e. The van der Waals surface area contributed by atoms with Crippen molar-refractivity contribution < 1.29 is 0 Å². The number of nitrogens with one attached hydrogen (secondary N) is 1. The van der Waals surface area contributed by atoms with Gasteiger partial charge in [-0.3, -0.25) is 0 Å². The van der Waals surface area contributed by atoms with Crippen molar-refractivity contribution in [3.8, 4) is 0 Å². The minimum atomic E-state index is 0.509. The van der Waals surface area contributed by atoms with Crippen molar-refractivity contribution in [3.63, 3.8) is 0 Å². The van der Waals surface area contributed by atoms with Crippen LogP contribution in [0.25, 0.3) is 0 Å². The van der Waals surface area contributed by atoms with Crippen molar-refractivity contribution in [1.29, 1.82) is 0 Å². The van der Waals surface area contributed by atoms with Gasteiger partial charge in [-0.05, 0) is 38.6 Å². The second-order valence-electron chi connectivity index (χ2n) is 4.93. The molecule has 2 saturated carbocycles. The highest BCUT2D eigenvalue weighted by Crippen LogP contribution is 2.33. The van der Waals surface area contributed by atoms with Crippen LogP contribution >= 0.6 is 0 Å². The Bertz CT molecular complexity index is 143. The Balaban J connectivity index is 1.63. The lowest BCUT2D eigenvalue weighted by Crippen LogP contribution is -2.40. The molecule has 2 aliphatic carbocycles. The lowest BCUT2D eigenvalue weighted by molar-refractivity contribution is 0.359. The summed E-state index contributed by atoms with van der Waals surface area (Å²) in [6.45, 7) is 3.66. The topological polar surface area (TPSA) is 12.0 Å². The molecular formula is C11H21N. The molecule has 0 saturated heterocycles. The van der Waals surface area contributed by atoms with E-state index in [4.69, 9.17) is 0 Å². The van der Waals surface area contributed by atoms with Crippen LogP contribution in [-0.4, -0.2) is 12.1 Å². The van der Waals surface area contributed by atoms with Crippen LogP contribution < -0.4 is 5.32 Å². The fourth-order valence-corrected chi connectivity index (χ4v) is 2.32. The van der Waals surface area contributed by atoms with Gasteiger partial charge in [-0.2, -0.15) is 0 Å². The molecule has 0 aromatic heterocycles. The van der Waals surface area contributed by atoms with Crippen LogP contribution in [0.4, 0.5) is 0 Å². The van der Waals surface area contributed by atoms with Crippen LogP contribution in [-0.2, 0) is 0 Å². The highest BCUT2D eigenvalue weighted by molar-refractivity contribution is 4.88. The van der Waals surface area contributed by atoms with Gasteiger partial charge in [0.05, 0.1) is 0 Å². The molecule has 0 radical (unpaired) electrons. The molecule has 0 amide bonds. The summed E-state index contributed by atoms with van der Waals surface area (Å²) in [7, 11) is 0. The predicted molar refractivity (Wildman–Crippen MR) is 52.2 cm³/mol. The third-order valence-electron chi connectivity index (χ3n) is 3.51. The van der Waals surface area contributed by atoms with E-state index in [1.807, 2.05) is 0 Å². The lowest BCUT2D eigenvalue weighted by atomic mass is 10.0. The van der Waals surface area contributed by atoms with E-state index in [1.54, 1.807) is 0 Å². The number of rotatable bonds is 4. The van der Waals surface area contributed by atoms with Gasteiger partial charge in [-0.1, -0.05) is 25.7 Å². The number of hydrogen-bond donors (Lipinski definition) is 1. The van der Waals surface area contributed by atoms with Crippen molar-refractivity contribution in [2.24, 2.45) is 5.92 Å². The van der Waals surface area contributed by atoms with Crippen LogP contribution in [0, 0.1) is 5.92 Å². The molecule has 1 heteroatoms. The normalized spacial score (nSPS) is 27.8. The zero-order chi connectivity index (χ0) is 8.44. The highest BCUT2D eigenvalue weighted by Gasteiger charge is 2.28. The van der Waals surface area contributed by atoms with E-state index >= 15 is 0 Å². The summed E-state index contributed by atoms with van der Waals surface area (Å²) >= 11 is 0. The highest BCUT2D eigenvalue weighted by atomic mass is 15.0. The molecule has 1 N–H and O–H groups in total. The summed E-state index contributed by atoms with van der Waals surface area (Å²) in [5.41, 5.74) is 0.509. The van der Waals surface area contributed by atoms with Gasteiger partial charge in [0.25, 0.3) is 0 Å². The maximum Gasteiger partial charge on any atom is 0.0153 e. The van der Waals surface area contributed by atoms with E-state index in [-0.39, 0.29) is 0 Å². The number of hydrogen-bond acceptors (Lipinski definition) is 1. The molecule has 2 rings (SSSR count). The first-order valence-corrected chi connectivity index (χ1v) is 5.54. The molecule has 2 fully saturated rings. The Hall–Kier alpha value is -0.0400. The molecule has 0 aliphatic heterocycles. The minimum Gasteiger partial charge on any atom is -0.312 e. The van der Waals surface area contributed by atoms with Gasteiger partial charge in [0, 0.05) is 5.54 Å². The lowest BCUT2D eigenvalue weighted by Gasteiger charge is -2.25. The van der Waals surface area contributed by atoms with Gasteiger partial charge in [0.1, 0.15) is 0 Å². The third-order valence-corrected chi connectivity index (χ3v) is 3.51. The van der Waals surface area contributed by atoms with Crippen molar-refractivity contribution >= 4 is 0 Å². The first-order chi connectivity index (χ1) is 5.79. The maximum atomic E-state index is 3.73. The van der Waals surface area contributed by atoms with Crippen LogP contribution in [0.5, 0.6) is 0 Å². The second kappa shape index (κ2) is 3.37. The zero-order valence-electron chi connectivity index (χ0n) is 8.23. The molecule has 2 aliphatic rings. The molecule has 70 valence electrons. The Morgan fingerprint density at radius 1 is 1.25 bits per heavy atom. The summed E-state index contributed by atoms with van der Waals surface area (Å²) in [6, 6.07) is 0. The van der Waals surface area contributed by atoms with Gasteiger partial charge >= 0.3 is 0 Å². The standard InChI is InChI=1S/C11H21N/c1-11(7-2-3-8-11)12-9-6-10-4-5-10/h10,12H,2-9H2,1H3. The molecule has 0 spiro atoms. The van der Waals surface area contributed by atoms with E-state index in [1.165, 1.54) is 51.5 Å². The van der Waals surface area contributed by atoms with E-state index in [2.05, 4.69) is 12.2 Å². The minimum absolute atomic E-state index is 0.509. The molecule has 0 bridgehead atoms. The van der Waals surface area contributed by atoms with Crippen LogP contribution in [0.2, 0.25) is 0 Å². The van der Waals surface area contributed by atoms with E-state index in [0.717, 1.165) is 5.92 Å². The van der Waals surface area contributed by atoms with Crippen LogP contribution in [0.3, 0.4) is 0 Å². The average molecular weight is 167 g/mol. The summed E-state index contributed by atoms with van der Waals surface area (Å²) in [5.74, 6) is 1.09. The fourth-order valence-electron chi connectivity index (χ4n) is 2.32. The van der Waals surface area contributed by atoms with Crippen molar-refractivity contribution in [2.45, 2.75) is 57.4 Å². The first-order valence-electron chi connectivity index (χ1n) is 5.54. The summed E-state index contributed by atoms with van der Waals surface area (Å²) in [6.07, 6.45) is 10.1. The Labute approximate surface area is 75.9 Å². The molecule has 0 atom stereocenters. The Morgan fingerprint density at radius 3 is 2.50 bits per heavy atom. The Kier molecular flexibility index (Phi) is 2.40. The van der Waals surface area contributed by atoms with E-state index in [9.17, 15) is 0 Å². The molecule has 0 aromatic carbocycles. The van der Waals surface area contributed by atoms with Crippen molar-refractivity contribution in [1.82, 2.24) is 5.32 Å². The predicted octanol–water partition coefficient (Wildman–Crippen LogP) is 2.71. The van der Waals surface area contributed by atoms with E-state index in [0.29, 0.717) is 5.54 Å². The second-order valence-corrected chi connectivity index (χ2v) is 4.93. The molecule has 1 nitrogen and oxygen atoms in total. The largest absolute Gasteiger partial charge is 0.312 e. The van der Waals surface area contributed by atoms with Gasteiger partial charge in [-0.15, -0.1) is 0 Å². The summed E-state index contributed by atoms with van der Waals surface area (Å²) in [5, 5.41) is 3.73. The van der Waals surface area contributed by atoms with E-state index < -0.39 is 0 Å². The maximum absolute atomic E-state index is 3.73. The molecule has 0 unspecified atom stereocenters. The summed E-state index contributed by atoms with van der Waals surface area (Å²) < 4.78 is 0. The first kappa shape index (κ1) is 8.55. The average Bonchev–Trinajstić information content (AvgIpc) is 2.75. The molecule has 0 heterocycles. The van der Waals surface area contributed by atoms with Crippen LogP contribution in [0.1, 0.15) is 51.9 Å². The monoisotopic (exact) mass is 167 g/mol. The quantitative estimate of drug-likeness (QED) is 0.679. The van der Waals surface area contributed by atoms with Gasteiger partial charge in [0.2, 0.25) is 0 Å². The molecular weight excluding hydrogens is 146 g/mol. The summed E-state index contributed by atoms with van der Waals surface area (Å²) in [4.78, 5) is 0.